The Kier molecular flexibility index (Phi) is 16.4. The first-order valence-electron chi connectivity index (χ1n) is 15.2. The minimum absolute atomic E-state index is 0. The van der Waals surface area contributed by atoms with E-state index >= 15 is 0 Å². The number of rotatable bonds is 10. The van der Waals surface area contributed by atoms with E-state index in [1.807, 2.05) is 0 Å². The predicted octanol–water partition coefficient (Wildman–Crippen LogP) is 12.9. The van der Waals surface area contributed by atoms with Crippen molar-refractivity contribution >= 4 is 33.6 Å². The van der Waals surface area contributed by atoms with Crippen LogP contribution in [-0.4, -0.2) is 22.2 Å². The smallest absolute Gasteiger partial charge is 0.668 e. The molecule has 0 unspecified atom stereocenters. The first kappa shape index (κ1) is 39.5. The van der Waals surface area contributed by atoms with Crippen LogP contribution in [0.3, 0.4) is 0 Å². The van der Waals surface area contributed by atoms with Crippen molar-refractivity contribution in [1.82, 2.24) is 0 Å². The molecule has 0 atom stereocenters. The fourth-order valence-corrected chi connectivity index (χ4v) is 13.1. The molecule has 0 fully saturated rings. The van der Waals surface area contributed by atoms with Gasteiger partial charge in [0.1, 0.15) is 0 Å². The number of allylic oxidation sites excluding steroid dienone is 2. The van der Waals surface area contributed by atoms with Crippen molar-refractivity contribution in [2.45, 2.75) is 132 Å². The molecule has 41 heavy (non-hydrogen) atoms. The van der Waals surface area contributed by atoms with Gasteiger partial charge in [-0.05, 0) is 41.7 Å². The van der Waals surface area contributed by atoms with Gasteiger partial charge in [0.05, 0.1) is 5.69 Å². The van der Waals surface area contributed by atoms with Crippen molar-refractivity contribution in [3.63, 3.8) is 0 Å². The van der Waals surface area contributed by atoms with E-state index in [0.717, 1.165) is 22.8 Å². The van der Waals surface area contributed by atoms with Crippen LogP contribution in [0, 0.1) is 0 Å². The summed E-state index contributed by atoms with van der Waals surface area (Å²) in [7, 11) is -2.21. The largest absolute Gasteiger partial charge is 2.00 e. The normalized spacial score (nSPS) is 13.0. The van der Waals surface area contributed by atoms with E-state index in [4.69, 9.17) is 15.0 Å². The molecular weight excluding hydrogens is 577 g/mol. The molecule has 2 aromatic rings. The minimum Gasteiger partial charge on any atom is -0.668 e. The molecule has 232 valence electrons. The van der Waals surface area contributed by atoms with E-state index in [0.29, 0.717) is 23.7 Å². The predicted molar refractivity (Wildman–Crippen MR) is 189 cm³/mol. The van der Waals surface area contributed by atoms with Crippen LogP contribution in [0.4, 0.5) is 11.4 Å². The van der Waals surface area contributed by atoms with Gasteiger partial charge in [0.15, 0.2) is 0 Å². The van der Waals surface area contributed by atoms with Crippen LogP contribution in [0.25, 0.3) is 9.96 Å². The molecule has 0 N–H and O–H groups in total. The van der Waals surface area contributed by atoms with Gasteiger partial charge in [0.25, 0.3) is 0 Å². The zero-order valence-corrected chi connectivity index (χ0v) is 32.0. The average Bonchev–Trinajstić information content (AvgIpc) is 2.76. The molecule has 3 nitrogen and oxygen atoms in total. The van der Waals surface area contributed by atoms with Gasteiger partial charge < -0.3 is 9.96 Å². The van der Waals surface area contributed by atoms with Crippen LogP contribution in [0.15, 0.2) is 53.2 Å². The Morgan fingerprint density at radius 2 is 0.976 bits per heavy atom. The van der Waals surface area contributed by atoms with Crippen LogP contribution in [0.1, 0.15) is 115 Å². The Morgan fingerprint density at radius 1 is 0.634 bits per heavy atom. The monoisotopic (exact) mass is 635 g/mol. The third-order valence-electron chi connectivity index (χ3n) is 6.35. The molecule has 0 heterocycles. The molecule has 0 aliphatic rings. The fourth-order valence-electron chi connectivity index (χ4n) is 5.01. The molecule has 0 amide bonds. The van der Waals surface area contributed by atoms with Gasteiger partial charge in [-0.1, -0.05) is 172 Å². The Morgan fingerprint density at radius 3 is 1.27 bits per heavy atom. The number of para-hydroxylation sites is 2. The number of nitrogens with zero attached hydrogens (tertiary/aromatic N) is 3. The third kappa shape index (κ3) is 14.0. The number of aliphatic imine (C=N–C) groups is 1. The summed E-state index contributed by atoms with van der Waals surface area (Å²) in [6.07, 6.45) is 2.11. The van der Waals surface area contributed by atoms with Gasteiger partial charge in [-0.25, -0.2) is 0 Å². The minimum atomic E-state index is -1.11. The molecule has 0 aliphatic heterocycles. The Labute approximate surface area is 266 Å². The number of hydrogen-bond donors (Lipinski definition) is 0. The Balaban J connectivity index is 0.00000138. The Hall–Kier alpha value is -1.46. The first-order valence-corrected chi connectivity index (χ1v) is 22.1. The Bertz CT molecular complexity index is 1090. The van der Waals surface area contributed by atoms with Crippen molar-refractivity contribution in [3.8, 4) is 0 Å². The second-order valence-corrected chi connectivity index (χ2v) is 23.9. The number of hydrogen-bond acceptors (Lipinski definition) is 1. The maximum atomic E-state index is 5.08. The van der Waals surface area contributed by atoms with Gasteiger partial charge in [-0.2, -0.15) is 5.70 Å². The van der Waals surface area contributed by atoms with Crippen LogP contribution >= 0.6 is 0 Å². The van der Waals surface area contributed by atoms with E-state index in [1.54, 1.807) is 0 Å². The molecule has 0 aromatic heterocycles. The fraction of sp³-hybridized carbons (Fsp3) is 0.571. The molecule has 0 bridgehead atoms. The molecule has 0 spiro atoms. The number of benzene rings is 2. The van der Waals surface area contributed by atoms with Gasteiger partial charge in [0, 0.05) is 5.71 Å². The second kappa shape index (κ2) is 17.0. The van der Waals surface area contributed by atoms with Gasteiger partial charge in [-0.3, -0.25) is 4.99 Å². The maximum absolute atomic E-state index is 5.08. The van der Waals surface area contributed by atoms with E-state index in [2.05, 4.69) is 151 Å². The van der Waals surface area contributed by atoms with Crippen molar-refractivity contribution in [2.24, 2.45) is 4.99 Å². The maximum Gasteiger partial charge on any atom is 2.00 e. The van der Waals surface area contributed by atoms with Crippen molar-refractivity contribution < 1.29 is 16.5 Å². The van der Waals surface area contributed by atoms with E-state index in [-0.39, 0.29) is 16.5 Å². The topological polar surface area (TPSA) is 40.6 Å². The van der Waals surface area contributed by atoms with Gasteiger partial charge in [0.2, 0.25) is 0 Å². The average molecular weight is 637 g/mol. The van der Waals surface area contributed by atoms with Crippen LogP contribution < -0.4 is 0 Å². The molecule has 2 aromatic carbocycles. The summed E-state index contributed by atoms with van der Waals surface area (Å²) in [5, 5.41) is 5.08. The van der Waals surface area contributed by atoms with Gasteiger partial charge in [-0.15, -0.1) is 5.69 Å². The standard InChI is InChI=1S/C29H41N2.C6H18NSi2.Ni/c1-18(2)24-13-11-14-25(19(3)4)28(24)30-22(9)17-23(10)31-29-26(20(5)6)15-12-16-27(29)21(7)8;1-8(2,3)7-9(4,5)6;/h11-21H,1-10H3;1-6H3;/q2*-1;+2/b22-17-,31-23?;;. The van der Waals surface area contributed by atoms with E-state index in [1.165, 1.54) is 22.3 Å². The summed E-state index contributed by atoms with van der Waals surface area (Å²) in [5.74, 6) is 1.75. The molecule has 0 saturated heterocycles. The van der Waals surface area contributed by atoms with Crippen molar-refractivity contribution in [1.29, 1.82) is 0 Å². The molecule has 0 aliphatic carbocycles. The third-order valence-corrected chi connectivity index (χ3v) is 11.7. The molecule has 6 heteroatoms. The molecular formula is C35H59N3NiSi2. The summed E-state index contributed by atoms with van der Waals surface area (Å²) in [6.45, 7) is 35.8. The zero-order valence-electron chi connectivity index (χ0n) is 29.0. The summed E-state index contributed by atoms with van der Waals surface area (Å²) in [6, 6.07) is 13.1. The second-order valence-electron chi connectivity index (χ2n) is 14.3. The van der Waals surface area contributed by atoms with E-state index in [9.17, 15) is 0 Å². The van der Waals surface area contributed by atoms with Crippen molar-refractivity contribution in [3.05, 3.63) is 80.4 Å². The molecule has 0 radical (unpaired) electrons. The van der Waals surface area contributed by atoms with Crippen LogP contribution in [0.5, 0.6) is 0 Å². The molecule has 2 rings (SSSR count). The van der Waals surface area contributed by atoms with Gasteiger partial charge >= 0.3 is 16.5 Å². The summed E-state index contributed by atoms with van der Waals surface area (Å²) < 4.78 is 4.82. The van der Waals surface area contributed by atoms with Crippen molar-refractivity contribution in [2.75, 3.05) is 0 Å². The summed E-state index contributed by atoms with van der Waals surface area (Å²) in [5.41, 5.74) is 9.45. The summed E-state index contributed by atoms with van der Waals surface area (Å²) >= 11 is 0. The van der Waals surface area contributed by atoms with Crippen LogP contribution in [-0.2, 0) is 16.5 Å². The van der Waals surface area contributed by atoms with E-state index < -0.39 is 16.5 Å². The first-order chi connectivity index (χ1) is 18.2. The zero-order chi connectivity index (χ0) is 31.0. The quantitative estimate of drug-likeness (QED) is 0.184. The SMILES string of the molecule is CC(/C=C(/C)[N-]c1c(C(C)C)cccc1C(C)C)=Nc1c(C(C)C)cccc1C(C)C.C[Si](C)(C)[N-][Si](C)(C)C.[Ni+2]. The summed E-state index contributed by atoms with van der Waals surface area (Å²) in [4.78, 5) is 5.08. The van der Waals surface area contributed by atoms with Crippen LogP contribution in [0.2, 0.25) is 39.3 Å². The molecule has 0 saturated carbocycles.